The Morgan fingerprint density at radius 3 is 2.48 bits per heavy atom. The van der Waals surface area contributed by atoms with Crippen LogP contribution in [-0.2, 0) is 10.9 Å². The zero-order valence-electron chi connectivity index (χ0n) is 10.2. The van der Waals surface area contributed by atoms with Gasteiger partial charge in [0.2, 0.25) is 0 Å². The molecule has 4 atom stereocenters. The fourth-order valence-electron chi connectivity index (χ4n) is 1.95. The molecule has 0 amide bonds. The van der Waals surface area contributed by atoms with Crippen LogP contribution in [0.3, 0.4) is 0 Å². The molecule has 0 radical (unpaired) electrons. The molecular formula is C10H10F4N2O5. The Balaban J connectivity index is 2.50. The lowest BCUT2D eigenvalue weighted by atomic mass is 10.1. The summed E-state index contributed by atoms with van der Waals surface area (Å²) in [7, 11) is 0. The van der Waals surface area contributed by atoms with Crippen molar-refractivity contribution in [3.05, 3.63) is 32.6 Å². The van der Waals surface area contributed by atoms with Gasteiger partial charge in [-0.15, -0.1) is 0 Å². The van der Waals surface area contributed by atoms with Crippen LogP contribution >= 0.6 is 0 Å². The summed E-state index contributed by atoms with van der Waals surface area (Å²) in [4.78, 5) is 24.0. The van der Waals surface area contributed by atoms with E-state index in [1.165, 1.54) is 4.98 Å². The van der Waals surface area contributed by atoms with Crippen LogP contribution in [0, 0.1) is 0 Å². The molecule has 2 rings (SSSR count). The summed E-state index contributed by atoms with van der Waals surface area (Å²) in [5.41, 5.74) is -4.71. The summed E-state index contributed by atoms with van der Waals surface area (Å²) in [5, 5.41) is 18.2. The first-order valence-corrected chi connectivity index (χ1v) is 5.68. The van der Waals surface area contributed by atoms with Gasteiger partial charge in [0.25, 0.3) is 5.56 Å². The molecule has 1 saturated heterocycles. The van der Waals surface area contributed by atoms with E-state index in [1.807, 2.05) is 0 Å². The van der Waals surface area contributed by atoms with Crippen molar-refractivity contribution in [2.75, 3.05) is 6.61 Å². The van der Waals surface area contributed by atoms with E-state index in [2.05, 4.69) is 0 Å². The first-order chi connectivity index (χ1) is 9.66. The number of aliphatic hydroxyl groups excluding tert-OH is 2. The first-order valence-electron chi connectivity index (χ1n) is 5.68. The number of hydrogen-bond donors (Lipinski definition) is 3. The van der Waals surface area contributed by atoms with Crippen LogP contribution in [0.5, 0.6) is 0 Å². The van der Waals surface area contributed by atoms with Gasteiger partial charge in [-0.3, -0.25) is 14.3 Å². The minimum atomic E-state index is -5.05. The van der Waals surface area contributed by atoms with Crippen LogP contribution in [0.2, 0.25) is 0 Å². The number of halogens is 4. The molecule has 118 valence electrons. The third-order valence-corrected chi connectivity index (χ3v) is 3.02. The number of alkyl halides is 4. The molecular weight excluding hydrogens is 304 g/mol. The molecule has 21 heavy (non-hydrogen) atoms. The van der Waals surface area contributed by atoms with Crippen LogP contribution in [0.4, 0.5) is 17.6 Å². The quantitative estimate of drug-likeness (QED) is 0.617. The predicted molar refractivity (Wildman–Crippen MR) is 58.2 cm³/mol. The molecule has 7 nitrogen and oxygen atoms in total. The third kappa shape index (κ3) is 2.71. The number of ether oxygens (including phenoxy) is 1. The van der Waals surface area contributed by atoms with E-state index in [9.17, 15) is 32.3 Å². The Bertz CT molecular complexity index is 640. The lowest BCUT2D eigenvalue weighted by molar-refractivity contribution is -0.139. The molecule has 0 spiro atoms. The molecule has 0 saturated carbocycles. The monoisotopic (exact) mass is 314 g/mol. The highest BCUT2D eigenvalue weighted by Crippen LogP contribution is 2.32. The van der Waals surface area contributed by atoms with E-state index < -0.39 is 54.2 Å². The number of nitrogens with zero attached hydrogens (tertiary/aromatic N) is 1. The highest BCUT2D eigenvalue weighted by molar-refractivity contribution is 5.10. The van der Waals surface area contributed by atoms with Gasteiger partial charge in [-0.2, -0.15) is 13.2 Å². The Hall–Kier alpha value is -1.72. The Kier molecular flexibility index (Phi) is 3.91. The van der Waals surface area contributed by atoms with Crippen molar-refractivity contribution in [1.29, 1.82) is 0 Å². The van der Waals surface area contributed by atoms with Crippen LogP contribution < -0.4 is 11.2 Å². The normalized spacial score (nSPS) is 29.8. The van der Waals surface area contributed by atoms with Crippen molar-refractivity contribution in [2.24, 2.45) is 0 Å². The second kappa shape index (κ2) is 5.24. The van der Waals surface area contributed by atoms with Gasteiger partial charge < -0.3 is 14.9 Å². The first kappa shape index (κ1) is 15.7. The number of nitrogens with one attached hydrogen (secondary N) is 1. The molecule has 1 fully saturated rings. The molecule has 3 N–H and O–H groups in total. The topological polar surface area (TPSA) is 105 Å². The average molecular weight is 314 g/mol. The maximum Gasteiger partial charge on any atom is 0.423 e. The summed E-state index contributed by atoms with van der Waals surface area (Å²) in [6.07, 6.45) is -12.3. The van der Waals surface area contributed by atoms with Crippen molar-refractivity contribution >= 4 is 0 Å². The van der Waals surface area contributed by atoms with Crippen LogP contribution in [0.25, 0.3) is 0 Å². The molecule has 1 aliphatic rings. The number of aromatic nitrogens is 2. The number of aromatic amines is 1. The van der Waals surface area contributed by atoms with E-state index in [4.69, 9.17) is 9.84 Å². The largest absolute Gasteiger partial charge is 0.423 e. The van der Waals surface area contributed by atoms with E-state index in [-0.39, 0.29) is 10.8 Å². The molecule has 0 aliphatic carbocycles. The standard InChI is InChI=1S/C10H10F4N2O5/c11-5-6(18)4(2-17)21-8(5)16-1-3(10(12,13)14)7(19)15-9(16)20/h1,4-6,8,17-18H,2H2,(H,15,19,20). The Labute approximate surface area is 113 Å². The summed E-state index contributed by atoms with van der Waals surface area (Å²) >= 11 is 0. The number of H-pyrrole nitrogens is 1. The second-order valence-electron chi connectivity index (χ2n) is 4.39. The van der Waals surface area contributed by atoms with Gasteiger partial charge >= 0.3 is 11.9 Å². The fraction of sp³-hybridized carbons (Fsp3) is 0.600. The number of rotatable bonds is 2. The van der Waals surface area contributed by atoms with E-state index in [1.54, 1.807) is 0 Å². The molecule has 11 heteroatoms. The van der Waals surface area contributed by atoms with E-state index in [0.29, 0.717) is 0 Å². The Morgan fingerprint density at radius 2 is 2.00 bits per heavy atom. The molecule has 0 aromatic carbocycles. The van der Waals surface area contributed by atoms with Gasteiger partial charge in [0.1, 0.15) is 17.8 Å². The molecule has 4 unspecified atom stereocenters. The number of hydrogen-bond acceptors (Lipinski definition) is 5. The highest BCUT2D eigenvalue weighted by atomic mass is 19.4. The minimum Gasteiger partial charge on any atom is -0.394 e. The predicted octanol–water partition coefficient (Wildman–Crippen LogP) is -0.856. The van der Waals surface area contributed by atoms with Crippen molar-refractivity contribution < 1.29 is 32.5 Å². The second-order valence-corrected chi connectivity index (χ2v) is 4.39. The molecule has 1 aliphatic heterocycles. The summed E-state index contributed by atoms with van der Waals surface area (Å²) < 4.78 is 56.6. The van der Waals surface area contributed by atoms with Gasteiger partial charge in [0.05, 0.1) is 6.61 Å². The van der Waals surface area contributed by atoms with Gasteiger partial charge in [-0.25, -0.2) is 9.18 Å². The lowest BCUT2D eigenvalue weighted by Gasteiger charge is -2.17. The maximum atomic E-state index is 13.8. The smallest absolute Gasteiger partial charge is 0.394 e. The van der Waals surface area contributed by atoms with Crippen molar-refractivity contribution in [3.63, 3.8) is 0 Å². The molecule has 2 heterocycles. The zero-order chi connectivity index (χ0) is 15.9. The summed E-state index contributed by atoms with van der Waals surface area (Å²) in [6.45, 7) is -0.789. The van der Waals surface area contributed by atoms with Crippen molar-refractivity contribution in [3.8, 4) is 0 Å². The number of aliphatic hydroxyl groups is 2. The van der Waals surface area contributed by atoms with Crippen LogP contribution in [0.15, 0.2) is 15.8 Å². The summed E-state index contributed by atoms with van der Waals surface area (Å²) in [6, 6.07) is 0. The molecule has 0 bridgehead atoms. The zero-order valence-corrected chi connectivity index (χ0v) is 10.2. The average Bonchev–Trinajstić information content (AvgIpc) is 2.65. The lowest BCUT2D eigenvalue weighted by Crippen LogP contribution is -2.39. The van der Waals surface area contributed by atoms with Gasteiger partial charge in [0.15, 0.2) is 12.4 Å². The third-order valence-electron chi connectivity index (χ3n) is 3.02. The SMILES string of the molecule is O=c1[nH]c(=O)n(C2OC(CO)C(O)C2F)cc1C(F)(F)F. The van der Waals surface area contributed by atoms with Gasteiger partial charge in [-0.05, 0) is 0 Å². The fourth-order valence-corrected chi connectivity index (χ4v) is 1.95. The molecule has 1 aromatic heterocycles. The van der Waals surface area contributed by atoms with Crippen molar-refractivity contribution in [2.45, 2.75) is 30.8 Å². The van der Waals surface area contributed by atoms with Gasteiger partial charge in [-0.1, -0.05) is 0 Å². The van der Waals surface area contributed by atoms with Crippen LogP contribution in [0.1, 0.15) is 11.8 Å². The minimum absolute atomic E-state index is 0.116. The maximum absolute atomic E-state index is 13.8. The van der Waals surface area contributed by atoms with Gasteiger partial charge in [0, 0.05) is 6.20 Å². The summed E-state index contributed by atoms with van der Waals surface area (Å²) in [5.74, 6) is 0. The molecule has 1 aromatic rings. The van der Waals surface area contributed by atoms with E-state index >= 15 is 0 Å². The highest BCUT2D eigenvalue weighted by Gasteiger charge is 2.46. The van der Waals surface area contributed by atoms with Crippen LogP contribution in [-0.4, -0.2) is 44.8 Å². The van der Waals surface area contributed by atoms with E-state index in [0.717, 1.165) is 0 Å². The van der Waals surface area contributed by atoms with Crippen molar-refractivity contribution in [1.82, 2.24) is 9.55 Å². The Morgan fingerprint density at radius 1 is 1.38 bits per heavy atom.